The molecule has 0 bridgehead atoms. The lowest BCUT2D eigenvalue weighted by Crippen LogP contribution is -1.97. The maximum Gasteiger partial charge on any atom is 0.178 e. The highest BCUT2D eigenvalue weighted by Gasteiger charge is 2.06. The van der Waals surface area contributed by atoms with Crippen LogP contribution in [0.25, 0.3) is 0 Å². The van der Waals surface area contributed by atoms with E-state index in [2.05, 4.69) is 12.6 Å². The molecule has 1 aromatic carbocycles. The van der Waals surface area contributed by atoms with Gasteiger partial charge in [0.25, 0.3) is 0 Å². The summed E-state index contributed by atoms with van der Waals surface area (Å²) in [4.78, 5) is 11.8. The minimum absolute atomic E-state index is 0.0857. The lowest BCUT2D eigenvalue weighted by Gasteiger charge is -1.98. The minimum Gasteiger partial charge on any atom is -0.293 e. The lowest BCUT2D eigenvalue weighted by atomic mass is 10.1. The standard InChI is InChI=1S/C9H7NOS/c10-6-5-8(11)7-3-1-2-4-9(7)12/h1-4,12H,5H2. The second kappa shape index (κ2) is 3.93. The predicted octanol–water partition coefficient (Wildman–Crippen LogP) is 2.07. The van der Waals surface area contributed by atoms with Crippen LogP contribution in [0.5, 0.6) is 0 Å². The van der Waals surface area contributed by atoms with Crippen molar-refractivity contribution in [3.63, 3.8) is 0 Å². The number of Topliss-reactive ketones (excluding diaryl/α,β-unsaturated/α-hetero) is 1. The first-order valence-electron chi connectivity index (χ1n) is 3.44. The molecule has 0 atom stereocenters. The Morgan fingerprint density at radius 1 is 1.50 bits per heavy atom. The van der Waals surface area contributed by atoms with Crippen LogP contribution >= 0.6 is 12.6 Å². The molecule has 2 nitrogen and oxygen atoms in total. The second-order valence-corrected chi connectivity index (χ2v) is 2.76. The third-order valence-corrected chi connectivity index (χ3v) is 1.83. The van der Waals surface area contributed by atoms with E-state index in [0.717, 1.165) is 0 Å². The van der Waals surface area contributed by atoms with E-state index >= 15 is 0 Å². The van der Waals surface area contributed by atoms with Gasteiger partial charge in [0.05, 0.1) is 12.5 Å². The Bertz CT molecular complexity index is 341. The number of carbonyl (C=O) groups excluding carboxylic acids is 1. The number of rotatable bonds is 2. The zero-order valence-corrected chi connectivity index (χ0v) is 7.21. The Morgan fingerprint density at radius 3 is 2.75 bits per heavy atom. The zero-order valence-electron chi connectivity index (χ0n) is 6.32. The smallest absolute Gasteiger partial charge is 0.178 e. The van der Waals surface area contributed by atoms with Gasteiger partial charge in [0, 0.05) is 10.5 Å². The molecule has 0 saturated carbocycles. The molecule has 1 rings (SSSR count). The molecular weight excluding hydrogens is 170 g/mol. The molecule has 0 radical (unpaired) electrons. The van der Waals surface area contributed by atoms with Crippen molar-refractivity contribution in [2.75, 3.05) is 0 Å². The summed E-state index contributed by atoms with van der Waals surface area (Å²) in [5, 5.41) is 8.29. The molecule has 0 aliphatic carbocycles. The average Bonchev–Trinajstić information content (AvgIpc) is 2.05. The molecule has 0 spiro atoms. The summed E-state index contributed by atoms with van der Waals surface area (Å²) in [5.74, 6) is -0.178. The fourth-order valence-corrected chi connectivity index (χ4v) is 1.16. The van der Waals surface area contributed by atoms with Gasteiger partial charge in [0.1, 0.15) is 0 Å². The zero-order chi connectivity index (χ0) is 8.97. The van der Waals surface area contributed by atoms with E-state index in [1.807, 2.05) is 6.07 Å². The number of hydrogen-bond donors (Lipinski definition) is 1. The van der Waals surface area contributed by atoms with Crippen LogP contribution in [-0.2, 0) is 0 Å². The van der Waals surface area contributed by atoms with E-state index in [1.165, 1.54) is 0 Å². The van der Waals surface area contributed by atoms with Gasteiger partial charge in [-0.25, -0.2) is 0 Å². The first kappa shape index (κ1) is 8.82. The molecule has 0 heterocycles. The molecule has 0 aromatic heterocycles. The molecule has 0 saturated heterocycles. The quantitative estimate of drug-likeness (QED) is 0.555. The second-order valence-electron chi connectivity index (χ2n) is 2.28. The summed E-state index contributed by atoms with van der Waals surface area (Å²) < 4.78 is 0. The first-order valence-corrected chi connectivity index (χ1v) is 3.88. The summed E-state index contributed by atoms with van der Waals surface area (Å²) in [6.45, 7) is 0. The Hall–Kier alpha value is -1.27. The molecular formula is C9H7NOS. The average molecular weight is 177 g/mol. The molecule has 0 aliphatic heterocycles. The Labute approximate surface area is 76.2 Å². The van der Waals surface area contributed by atoms with E-state index in [9.17, 15) is 4.79 Å². The Morgan fingerprint density at radius 2 is 2.17 bits per heavy atom. The van der Waals surface area contributed by atoms with Crippen LogP contribution in [0, 0.1) is 11.3 Å². The van der Waals surface area contributed by atoms with E-state index in [4.69, 9.17) is 5.26 Å². The normalized spacial score (nSPS) is 9.00. The molecule has 0 aliphatic rings. The largest absolute Gasteiger partial charge is 0.293 e. The fourth-order valence-electron chi connectivity index (χ4n) is 0.876. The van der Waals surface area contributed by atoms with Crippen molar-refractivity contribution in [3.05, 3.63) is 29.8 Å². The molecule has 3 heteroatoms. The summed E-state index contributed by atoms with van der Waals surface area (Å²) in [6, 6.07) is 8.76. The van der Waals surface area contributed by atoms with Crippen molar-refractivity contribution in [1.29, 1.82) is 5.26 Å². The third-order valence-electron chi connectivity index (χ3n) is 1.44. The van der Waals surface area contributed by atoms with E-state index < -0.39 is 0 Å². The topological polar surface area (TPSA) is 40.9 Å². The van der Waals surface area contributed by atoms with Gasteiger partial charge in [-0.2, -0.15) is 5.26 Å². The van der Waals surface area contributed by atoms with Gasteiger partial charge in [-0.3, -0.25) is 4.79 Å². The number of carbonyl (C=O) groups is 1. The predicted molar refractivity (Wildman–Crippen MR) is 48.3 cm³/mol. The number of nitrogens with zero attached hydrogens (tertiary/aromatic N) is 1. The molecule has 12 heavy (non-hydrogen) atoms. The van der Waals surface area contributed by atoms with Crippen LogP contribution in [-0.4, -0.2) is 5.78 Å². The van der Waals surface area contributed by atoms with Crippen molar-refractivity contribution in [3.8, 4) is 6.07 Å². The molecule has 0 unspecified atom stereocenters. The van der Waals surface area contributed by atoms with Crippen LogP contribution in [0.2, 0.25) is 0 Å². The summed E-state index contributed by atoms with van der Waals surface area (Å²) in [7, 11) is 0. The van der Waals surface area contributed by atoms with Crippen LogP contribution in [0.1, 0.15) is 16.8 Å². The maximum absolute atomic E-state index is 11.2. The van der Waals surface area contributed by atoms with Crippen LogP contribution in [0.15, 0.2) is 29.2 Å². The highest BCUT2D eigenvalue weighted by Crippen LogP contribution is 2.14. The van der Waals surface area contributed by atoms with E-state index in [-0.39, 0.29) is 12.2 Å². The van der Waals surface area contributed by atoms with Crippen molar-refractivity contribution in [2.45, 2.75) is 11.3 Å². The minimum atomic E-state index is -0.178. The summed E-state index contributed by atoms with van der Waals surface area (Å²) >= 11 is 4.10. The Kier molecular flexibility index (Phi) is 2.89. The van der Waals surface area contributed by atoms with Crippen molar-refractivity contribution >= 4 is 18.4 Å². The van der Waals surface area contributed by atoms with Gasteiger partial charge in [0.2, 0.25) is 0 Å². The first-order chi connectivity index (χ1) is 5.75. The van der Waals surface area contributed by atoms with Crippen molar-refractivity contribution in [1.82, 2.24) is 0 Å². The van der Waals surface area contributed by atoms with Crippen molar-refractivity contribution in [2.24, 2.45) is 0 Å². The number of nitriles is 1. The number of thiol groups is 1. The van der Waals surface area contributed by atoms with Gasteiger partial charge < -0.3 is 0 Å². The van der Waals surface area contributed by atoms with E-state index in [1.54, 1.807) is 24.3 Å². The van der Waals surface area contributed by atoms with Gasteiger partial charge in [-0.05, 0) is 6.07 Å². The lowest BCUT2D eigenvalue weighted by molar-refractivity contribution is 0.0995. The van der Waals surface area contributed by atoms with Crippen LogP contribution < -0.4 is 0 Å². The molecule has 0 N–H and O–H groups in total. The van der Waals surface area contributed by atoms with Gasteiger partial charge >= 0.3 is 0 Å². The number of ketones is 1. The SMILES string of the molecule is N#CCC(=O)c1ccccc1S. The maximum atomic E-state index is 11.2. The van der Waals surface area contributed by atoms with Gasteiger partial charge in [-0.1, -0.05) is 18.2 Å². The number of hydrogen-bond acceptors (Lipinski definition) is 3. The molecule has 0 fully saturated rings. The highest BCUT2D eigenvalue weighted by atomic mass is 32.1. The fraction of sp³-hybridized carbons (Fsp3) is 0.111. The third kappa shape index (κ3) is 1.86. The molecule has 60 valence electrons. The Balaban J connectivity index is 2.97. The number of benzene rings is 1. The summed E-state index contributed by atoms with van der Waals surface area (Å²) in [6.07, 6.45) is -0.0857. The van der Waals surface area contributed by atoms with Gasteiger partial charge in [-0.15, -0.1) is 12.6 Å². The van der Waals surface area contributed by atoms with Crippen LogP contribution in [0.3, 0.4) is 0 Å². The molecule has 0 amide bonds. The highest BCUT2D eigenvalue weighted by molar-refractivity contribution is 7.80. The summed E-state index contributed by atoms with van der Waals surface area (Å²) in [5.41, 5.74) is 0.516. The monoisotopic (exact) mass is 177 g/mol. The van der Waals surface area contributed by atoms with E-state index in [0.29, 0.717) is 10.5 Å². The van der Waals surface area contributed by atoms with Crippen LogP contribution in [0.4, 0.5) is 0 Å². The van der Waals surface area contributed by atoms with Crippen molar-refractivity contribution < 1.29 is 4.79 Å². The van der Waals surface area contributed by atoms with Gasteiger partial charge in [0.15, 0.2) is 5.78 Å². The molecule has 1 aromatic rings.